The average Bonchev–Trinajstić information content (AvgIpc) is 3.59. The highest BCUT2D eigenvalue weighted by atomic mass is 16.7. The quantitative estimate of drug-likeness (QED) is 0.533. The molecule has 0 aromatic heterocycles. The van der Waals surface area contributed by atoms with Crippen molar-refractivity contribution < 1.29 is 23.7 Å². The second-order valence-electron chi connectivity index (χ2n) is 11.0. The summed E-state index contributed by atoms with van der Waals surface area (Å²) in [4.78, 5) is 12.3. The first-order valence-corrected chi connectivity index (χ1v) is 11.5. The zero-order valence-corrected chi connectivity index (χ0v) is 18.2. The van der Waals surface area contributed by atoms with E-state index in [0.717, 1.165) is 0 Å². The molecule has 5 heteroatoms. The van der Waals surface area contributed by atoms with Crippen LogP contribution in [0.3, 0.4) is 0 Å². The molecule has 2 aliphatic heterocycles. The van der Waals surface area contributed by atoms with Gasteiger partial charge in [0.2, 0.25) is 0 Å². The molecule has 0 bridgehead atoms. The molecule has 3 saturated carbocycles. The van der Waals surface area contributed by atoms with E-state index in [1.165, 1.54) is 31.3 Å². The molecule has 0 aromatic rings. The van der Waals surface area contributed by atoms with Crippen molar-refractivity contribution >= 4 is 5.78 Å². The molecule has 0 radical (unpaired) electrons. The number of epoxide rings is 2. The predicted octanol–water partition coefficient (Wildman–Crippen LogP) is 3.36. The van der Waals surface area contributed by atoms with E-state index in [1.807, 2.05) is 6.08 Å². The first-order chi connectivity index (χ1) is 13.9. The Hall–Kier alpha value is -0.750. The van der Waals surface area contributed by atoms with E-state index in [-0.39, 0.29) is 35.8 Å². The molecule has 29 heavy (non-hydrogen) atoms. The van der Waals surface area contributed by atoms with Crippen molar-refractivity contribution in [2.45, 2.75) is 77.2 Å². The van der Waals surface area contributed by atoms with Gasteiger partial charge in [0, 0.05) is 25.6 Å². The van der Waals surface area contributed by atoms with E-state index in [4.69, 9.17) is 18.9 Å². The van der Waals surface area contributed by atoms with E-state index >= 15 is 0 Å². The molecule has 0 aromatic carbocycles. The molecule has 160 valence electrons. The van der Waals surface area contributed by atoms with Gasteiger partial charge in [-0.25, -0.2) is 0 Å². The minimum Gasteiger partial charge on any atom is -0.364 e. The molecule has 1 unspecified atom stereocenters. The smallest absolute Gasteiger partial charge is 0.187 e. The Morgan fingerprint density at radius 2 is 1.83 bits per heavy atom. The molecule has 2 heterocycles. The van der Waals surface area contributed by atoms with Gasteiger partial charge in [-0.2, -0.15) is 0 Å². The summed E-state index contributed by atoms with van der Waals surface area (Å²) in [5.74, 6) is 2.97. The lowest BCUT2D eigenvalue weighted by molar-refractivity contribution is -0.161. The van der Waals surface area contributed by atoms with Crippen molar-refractivity contribution in [1.82, 2.24) is 0 Å². The highest BCUT2D eigenvalue weighted by molar-refractivity contribution is 5.98. The maximum Gasteiger partial charge on any atom is 0.187 e. The molecule has 6 rings (SSSR count). The minimum absolute atomic E-state index is 0.0203. The van der Waals surface area contributed by atoms with Crippen molar-refractivity contribution in [3.8, 4) is 0 Å². The maximum atomic E-state index is 12.3. The zero-order chi connectivity index (χ0) is 20.3. The second kappa shape index (κ2) is 5.93. The summed E-state index contributed by atoms with van der Waals surface area (Å²) in [6.07, 6.45) is 7.06. The molecule has 2 saturated heterocycles. The Balaban J connectivity index is 1.34. The Labute approximate surface area is 173 Å². The van der Waals surface area contributed by atoms with Gasteiger partial charge in [0.15, 0.2) is 12.1 Å². The van der Waals surface area contributed by atoms with E-state index in [0.29, 0.717) is 41.1 Å². The third-order valence-corrected chi connectivity index (χ3v) is 10.2. The third kappa shape index (κ3) is 2.23. The van der Waals surface area contributed by atoms with Gasteiger partial charge >= 0.3 is 0 Å². The summed E-state index contributed by atoms with van der Waals surface area (Å²) in [6, 6.07) is 0. The van der Waals surface area contributed by atoms with E-state index in [1.54, 1.807) is 14.2 Å². The zero-order valence-electron chi connectivity index (χ0n) is 18.2. The van der Waals surface area contributed by atoms with Gasteiger partial charge in [0.05, 0.1) is 6.10 Å². The highest BCUT2D eigenvalue weighted by Gasteiger charge is 2.75. The van der Waals surface area contributed by atoms with Crippen LogP contribution in [0.15, 0.2) is 11.6 Å². The van der Waals surface area contributed by atoms with E-state index in [9.17, 15) is 4.79 Å². The number of carbonyl (C=O) groups excluding carboxylic acids is 1. The minimum atomic E-state index is -0.187. The number of hydrogen-bond acceptors (Lipinski definition) is 5. The average molecular weight is 403 g/mol. The van der Waals surface area contributed by atoms with Crippen LogP contribution in [0.4, 0.5) is 0 Å². The second-order valence-corrected chi connectivity index (χ2v) is 11.0. The number of ether oxygens (including phenoxy) is 4. The van der Waals surface area contributed by atoms with Crippen molar-refractivity contribution in [3.63, 3.8) is 0 Å². The highest BCUT2D eigenvalue weighted by Crippen LogP contribution is 2.72. The molecule has 0 N–H and O–H groups in total. The molecule has 11 atom stereocenters. The van der Waals surface area contributed by atoms with Crippen molar-refractivity contribution in [1.29, 1.82) is 0 Å². The largest absolute Gasteiger partial charge is 0.364 e. The van der Waals surface area contributed by atoms with E-state index < -0.39 is 0 Å². The number of hydrogen-bond donors (Lipinski definition) is 0. The lowest BCUT2D eigenvalue weighted by Gasteiger charge is -2.56. The van der Waals surface area contributed by atoms with Crippen LogP contribution in [-0.4, -0.2) is 50.7 Å². The fourth-order valence-electron chi connectivity index (χ4n) is 8.79. The van der Waals surface area contributed by atoms with Crippen LogP contribution >= 0.6 is 0 Å². The van der Waals surface area contributed by atoms with Crippen molar-refractivity contribution in [2.75, 3.05) is 14.2 Å². The summed E-state index contributed by atoms with van der Waals surface area (Å²) in [6.45, 7) is 7.20. The SMILES string of the molecule is COC(OC)C(C)[C@H]1CC[C@H]2[C@@H]3[C@@H]4O[C@@H]4C4=CC(=O)[C@@H]5O[C@@H]5[C@]4(C)[C@H]3CC[C@]12C. The summed E-state index contributed by atoms with van der Waals surface area (Å²) in [5, 5.41) is 0. The Kier molecular flexibility index (Phi) is 3.88. The number of rotatable bonds is 4. The van der Waals surface area contributed by atoms with Gasteiger partial charge in [-0.3, -0.25) is 4.79 Å². The topological polar surface area (TPSA) is 60.6 Å². The fourth-order valence-corrected chi connectivity index (χ4v) is 8.79. The van der Waals surface area contributed by atoms with Gasteiger partial charge in [0.25, 0.3) is 0 Å². The first kappa shape index (κ1) is 19.0. The lowest BCUT2D eigenvalue weighted by Crippen LogP contribution is -2.56. The summed E-state index contributed by atoms with van der Waals surface area (Å²) < 4.78 is 23.6. The van der Waals surface area contributed by atoms with Crippen LogP contribution in [0, 0.1) is 40.4 Å². The van der Waals surface area contributed by atoms with Crippen LogP contribution in [0.25, 0.3) is 0 Å². The van der Waals surface area contributed by atoms with Crippen LogP contribution in [0.2, 0.25) is 0 Å². The molecule has 0 amide bonds. The van der Waals surface area contributed by atoms with E-state index in [2.05, 4.69) is 20.8 Å². The summed E-state index contributed by atoms with van der Waals surface area (Å²) >= 11 is 0. The monoisotopic (exact) mass is 402 g/mol. The van der Waals surface area contributed by atoms with Gasteiger partial charge < -0.3 is 18.9 Å². The molecule has 5 nitrogen and oxygen atoms in total. The molecule has 4 aliphatic carbocycles. The van der Waals surface area contributed by atoms with Crippen LogP contribution in [0.1, 0.15) is 46.5 Å². The van der Waals surface area contributed by atoms with Gasteiger partial charge in [-0.15, -0.1) is 0 Å². The van der Waals surface area contributed by atoms with Gasteiger partial charge in [0.1, 0.15) is 18.3 Å². The molecule has 6 aliphatic rings. The van der Waals surface area contributed by atoms with Gasteiger partial charge in [-0.05, 0) is 66.4 Å². The Morgan fingerprint density at radius 1 is 1.07 bits per heavy atom. The summed E-state index contributed by atoms with van der Waals surface area (Å²) in [5.41, 5.74) is 1.53. The standard InChI is InChI=1S/C24H34O5/c1-11(22(26-4)27-5)12-6-7-13-17-14(8-9-23(12,13)2)24(3)15(18-20(17)28-18)10-16(25)19-21(24)29-19/h10-14,17-22H,6-9H2,1-5H3/t11?,12-,13+,14+,17+,18-,19+,20+,21+,23-,24-/m1/s1. The summed E-state index contributed by atoms with van der Waals surface area (Å²) in [7, 11) is 3.51. The number of carbonyl (C=O) groups is 1. The van der Waals surface area contributed by atoms with Gasteiger partial charge in [-0.1, -0.05) is 20.8 Å². The van der Waals surface area contributed by atoms with Crippen molar-refractivity contribution in [3.05, 3.63) is 11.6 Å². The Bertz CT molecular complexity index is 773. The lowest BCUT2D eigenvalue weighted by atomic mass is 9.46. The Morgan fingerprint density at radius 3 is 2.55 bits per heavy atom. The molecular formula is C24H34O5. The number of methoxy groups -OCH3 is 2. The maximum absolute atomic E-state index is 12.3. The molecule has 0 spiro atoms. The number of ketones is 1. The van der Waals surface area contributed by atoms with Crippen LogP contribution < -0.4 is 0 Å². The normalized spacial score (nSPS) is 55.2. The first-order valence-electron chi connectivity index (χ1n) is 11.5. The predicted molar refractivity (Wildman–Crippen MR) is 106 cm³/mol. The third-order valence-electron chi connectivity index (χ3n) is 10.2. The number of fused-ring (bicyclic) bond motifs is 10. The fraction of sp³-hybridized carbons (Fsp3) is 0.875. The molecule has 5 fully saturated rings. The van der Waals surface area contributed by atoms with Crippen molar-refractivity contribution in [2.24, 2.45) is 40.4 Å². The van der Waals surface area contributed by atoms with Crippen LogP contribution in [0.5, 0.6) is 0 Å². The van der Waals surface area contributed by atoms with Crippen LogP contribution in [-0.2, 0) is 23.7 Å². The molecular weight excluding hydrogens is 368 g/mol.